The van der Waals surface area contributed by atoms with Gasteiger partial charge in [-0.15, -0.1) is 0 Å². The quantitative estimate of drug-likeness (QED) is 0.804. The predicted molar refractivity (Wildman–Crippen MR) is 79.6 cm³/mol. The molecule has 114 valence electrons. The highest BCUT2D eigenvalue weighted by Crippen LogP contribution is 2.25. The zero-order valence-electron chi connectivity index (χ0n) is 13.0. The molecule has 2 heterocycles. The standard InChI is InChI=1S/C14H21BN2O4/c1-10-8-9-17(16-10)12-7-6-11(20-12)15(19)21-14(4,5)13(2,3)18/h6-9,18-19H,1-5H3. The van der Waals surface area contributed by atoms with E-state index in [1.165, 1.54) is 0 Å². The Kier molecular flexibility index (Phi) is 4.01. The van der Waals surface area contributed by atoms with Gasteiger partial charge in [0.05, 0.1) is 16.9 Å². The molecule has 2 rings (SSSR count). The third-order valence-corrected chi connectivity index (χ3v) is 3.68. The topological polar surface area (TPSA) is 80.7 Å². The molecule has 0 aliphatic heterocycles. The molecule has 0 saturated carbocycles. The Labute approximate surface area is 124 Å². The molecule has 0 amide bonds. The van der Waals surface area contributed by atoms with Gasteiger partial charge in [0.15, 0.2) is 0 Å². The molecule has 7 heteroatoms. The van der Waals surface area contributed by atoms with E-state index in [0.717, 1.165) is 5.69 Å². The first-order valence-electron chi connectivity index (χ1n) is 6.81. The molecule has 0 radical (unpaired) electrons. The summed E-state index contributed by atoms with van der Waals surface area (Å²) in [6.07, 6.45) is 1.77. The lowest BCUT2D eigenvalue weighted by Crippen LogP contribution is -2.52. The molecule has 0 unspecified atom stereocenters. The molecule has 0 spiro atoms. The number of nitrogens with zero attached hydrogens (tertiary/aromatic N) is 2. The van der Waals surface area contributed by atoms with Crippen LogP contribution >= 0.6 is 0 Å². The van der Waals surface area contributed by atoms with Crippen molar-refractivity contribution in [3.63, 3.8) is 0 Å². The summed E-state index contributed by atoms with van der Waals surface area (Å²) < 4.78 is 12.6. The third kappa shape index (κ3) is 3.37. The number of rotatable bonds is 5. The second kappa shape index (κ2) is 5.33. The number of furan rings is 1. The van der Waals surface area contributed by atoms with Crippen LogP contribution in [0.3, 0.4) is 0 Å². The summed E-state index contributed by atoms with van der Waals surface area (Å²) in [6.45, 7) is 8.54. The van der Waals surface area contributed by atoms with Crippen LogP contribution in [-0.2, 0) is 4.65 Å². The van der Waals surface area contributed by atoms with Gasteiger partial charge in [0.25, 0.3) is 0 Å². The van der Waals surface area contributed by atoms with E-state index in [9.17, 15) is 10.1 Å². The molecule has 0 bridgehead atoms. The van der Waals surface area contributed by atoms with Gasteiger partial charge in [0, 0.05) is 12.3 Å². The first-order valence-corrected chi connectivity index (χ1v) is 6.81. The summed E-state index contributed by atoms with van der Waals surface area (Å²) in [7, 11) is -1.27. The molecular weight excluding hydrogens is 271 g/mol. The van der Waals surface area contributed by atoms with E-state index in [0.29, 0.717) is 5.88 Å². The predicted octanol–water partition coefficient (Wildman–Crippen LogP) is 1.03. The summed E-state index contributed by atoms with van der Waals surface area (Å²) in [5.74, 6) is 0.488. The maximum absolute atomic E-state index is 10.1. The second-order valence-electron chi connectivity index (χ2n) is 6.12. The highest BCUT2D eigenvalue weighted by atomic mass is 16.6. The molecule has 0 aliphatic rings. The van der Waals surface area contributed by atoms with Crippen LogP contribution in [0.25, 0.3) is 5.88 Å². The minimum Gasteiger partial charge on any atom is -0.447 e. The molecule has 2 N–H and O–H groups in total. The maximum Gasteiger partial charge on any atom is 0.529 e. The molecular formula is C14H21BN2O4. The lowest BCUT2D eigenvalue weighted by atomic mass is 9.81. The average Bonchev–Trinajstić information content (AvgIpc) is 2.94. The fourth-order valence-corrected chi connectivity index (χ4v) is 1.62. The van der Waals surface area contributed by atoms with Gasteiger partial charge in [-0.2, -0.15) is 5.10 Å². The van der Waals surface area contributed by atoms with Crippen LogP contribution in [0, 0.1) is 6.92 Å². The molecule has 0 aromatic carbocycles. The Hall–Kier alpha value is -1.57. The van der Waals surface area contributed by atoms with Crippen LogP contribution in [0.4, 0.5) is 0 Å². The molecule has 0 fully saturated rings. The van der Waals surface area contributed by atoms with Crippen molar-refractivity contribution in [1.82, 2.24) is 9.78 Å². The fraction of sp³-hybridized carbons (Fsp3) is 0.500. The van der Waals surface area contributed by atoms with Crippen molar-refractivity contribution >= 4 is 12.8 Å². The summed E-state index contributed by atoms with van der Waals surface area (Å²) in [5.41, 5.74) is -0.923. The van der Waals surface area contributed by atoms with Crippen LogP contribution in [0.1, 0.15) is 33.4 Å². The van der Waals surface area contributed by atoms with Crippen LogP contribution in [0.15, 0.2) is 28.8 Å². The minimum absolute atomic E-state index is 0.260. The summed E-state index contributed by atoms with van der Waals surface area (Å²) in [5, 5.41) is 24.4. The lowest BCUT2D eigenvalue weighted by Gasteiger charge is -2.38. The minimum atomic E-state index is -1.27. The molecule has 2 aromatic rings. The van der Waals surface area contributed by atoms with E-state index in [-0.39, 0.29) is 5.66 Å². The molecule has 2 aromatic heterocycles. The van der Waals surface area contributed by atoms with Crippen molar-refractivity contribution in [2.75, 3.05) is 0 Å². The van der Waals surface area contributed by atoms with E-state index in [1.54, 1.807) is 50.7 Å². The molecule has 0 atom stereocenters. The highest BCUT2D eigenvalue weighted by molar-refractivity contribution is 6.58. The summed E-state index contributed by atoms with van der Waals surface area (Å²) in [4.78, 5) is 0. The van der Waals surface area contributed by atoms with Gasteiger partial charge in [-0.05, 0) is 46.8 Å². The van der Waals surface area contributed by atoms with Crippen molar-refractivity contribution < 1.29 is 19.2 Å². The van der Waals surface area contributed by atoms with E-state index in [1.807, 2.05) is 13.0 Å². The van der Waals surface area contributed by atoms with E-state index < -0.39 is 18.3 Å². The van der Waals surface area contributed by atoms with Gasteiger partial charge in [-0.25, -0.2) is 4.68 Å². The number of hydrogen-bond acceptors (Lipinski definition) is 5. The molecule has 0 saturated heterocycles. The van der Waals surface area contributed by atoms with Crippen molar-refractivity contribution in [3.05, 3.63) is 30.1 Å². The number of aliphatic hydroxyl groups is 1. The summed E-state index contributed by atoms with van der Waals surface area (Å²) in [6, 6.07) is 5.18. The van der Waals surface area contributed by atoms with Gasteiger partial charge in [0.2, 0.25) is 5.88 Å². The third-order valence-electron chi connectivity index (χ3n) is 3.68. The zero-order chi connectivity index (χ0) is 15.8. The second-order valence-corrected chi connectivity index (χ2v) is 6.12. The maximum atomic E-state index is 10.1. The summed E-state index contributed by atoms with van der Waals surface area (Å²) >= 11 is 0. The Morgan fingerprint density at radius 1 is 1.24 bits per heavy atom. The van der Waals surface area contributed by atoms with Crippen LogP contribution < -0.4 is 5.66 Å². The van der Waals surface area contributed by atoms with E-state index >= 15 is 0 Å². The van der Waals surface area contributed by atoms with Gasteiger partial charge in [-0.3, -0.25) is 0 Å². The van der Waals surface area contributed by atoms with Crippen molar-refractivity contribution in [1.29, 1.82) is 0 Å². The first kappa shape index (κ1) is 15.8. The normalized spacial score (nSPS) is 12.7. The van der Waals surface area contributed by atoms with Gasteiger partial charge < -0.3 is 19.2 Å². The average molecular weight is 292 g/mol. The van der Waals surface area contributed by atoms with E-state index in [4.69, 9.17) is 9.07 Å². The SMILES string of the molecule is Cc1ccn(-c2ccc(B(O)OC(C)(C)C(C)(C)O)o2)n1. The Morgan fingerprint density at radius 2 is 1.90 bits per heavy atom. The number of aryl methyl sites for hydroxylation is 1. The lowest BCUT2D eigenvalue weighted by molar-refractivity contribution is -0.0986. The van der Waals surface area contributed by atoms with E-state index in [2.05, 4.69) is 5.10 Å². The van der Waals surface area contributed by atoms with Gasteiger partial charge in [0.1, 0.15) is 5.66 Å². The number of hydrogen-bond donors (Lipinski definition) is 2. The van der Waals surface area contributed by atoms with Gasteiger partial charge >= 0.3 is 7.12 Å². The Morgan fingerprint density at radius 3 is 2.43 bits per heavy atom. The number of aromatic nitrogens is 2. The van der Waals surface area contributed by atoms with Crippen molar-refractivity contribution in [2.24, 2.45) is 0 Å². The largest absolute Gasteiger partial charge is 0.529 e. The Balaban J connectivity index is 2.14. The van der Waals surface area contributed by atoms with Crippen molar-refractivity contribution in [2.45, 2.75) is 45.8 Å². The van der Waals surface area contributed by atoms with Crippen LogP contribution in [0.5, 0.6) is 0 Å². The molecule has 6 nitrogen and oxygen atoms in total. The van der Waals surface area contributed by atoms with Crippen molar-refractivity contribution in [3.8, 4) is 5.88 Å². The van der Waals surface area contributed by atoms with Gasteiger partial charge in [-0.1, -0.05) is 0 Å². The van der Waals surface area contributed by atoms with Crippen LogP contribution in [-0.4, -0.2) is 38.2 Å². The fourth-order valence-electron chi connectivity index (χ4n) is 1.62. The Bertz CT molecular complexity index is 613. The monoisotopic (exact) mass is 292 g/mol. The smallest absolute Gasteiger partial charge is 0.447 e. The zero-order valence-corrected chi connectivity index (χ0v) is 13.0. The first-order chi connectivity index (χ1) is 9.60. The van der Waals surface area contributed by atoms with Crippen LogP contribution in [0.2, 0.25) is 0 Å². The highest BCUT2D eigenvalue weighted by Gasteiger charge is 2.40. The molecule has 0 aliphatic carbocycles. The molecule has 21 heavy (non-hydrogen) atoms.